The minimum atomic E-state index is 0.220. The molecular weight excluding hydrogens is 292 g/mol. The number of hydrogen-bond acceptors (Lipinski definition) is 6. The Labute approximate surface area is 135 Å². The van der Waals surface area contributed by atoms with E-state index in [9.17, 15) is 5.11 Å². The van der Waals surface area contributed by atoms with Gasteiger partial charge in [0.1, 0.15) is 17.9 Å². The van der Waals surface area contributed by atoms with Crippen LogP contribution < -0.4 is 15.6 Å². The Kier molecular flexibility index (Phi) is 4.45. The Morgan fingerprint density at radius 3 is 2.83 bits per heavy atom. The molecule has 1 saturated heterocycles. The molecule has 6 heteroatoms. The zero-order valence-electron chi connectivity index (χ0n) is 13.5. The number of aliphatic hydroxyl groups excluding tert-OH is 1. The highest BCUT2D eigenvalue weighted by Gasteiger charge is 2.26. The zero-order valence-corrected chi connectivity index (χ0v) is 13.5. The summed E-state index contributed by atoms with van der Waals surface area (Å²) in [6.45, 7) is 5.96. The van der Waals surface area contributed by atoms with Gasteiger partial charge in [-0.1, -0.05) is 6.07 Å². The highest BCUT2D eigenvalue weighted by molar-refractivity contribution is 5.80. The molecule has 1 aromatic carbocycles. The van der Waals surface area contributed by atoms with Gasteiger partial charge in [0.15, 0.2) is 0 Å². The minimum absolute atomic E-state index is 0.220. The molecular formula is C17H22N4O2. The second-order valence-corrected chi connectivity index (χ2v) is 6.04. The highest BCUT2D eigenvalue weighted by Crippen LogP contribution is 2.36. The molecule has 1 atom stereocenters. The summed E-state index contributed by atoms with van der Waals surface area (Å²) < 4.78 is 0. The molecule has 23 heavy (non-hydrogen) atoms. The van der Waals surface area contributed by atoms with Crippen molar-refractivity contribution in [2.75, 3.05) is 24.6 Å². The molecule has 0 aliphatic carbocycles. The van der Waals surface area contributed by atoms with E-state index in [1.54, 1.807) is 6.33 Å². The lowest BCUT2D eigenvalue weighted by molar-refractivity contribution is 0.238. The van der Waals surface area contributed by atoms with Crippen LogP contribution in [0.3, 0.4) is 0 Å². The second kappa shape index (κ2) is 6.52. The molecule has 0 saturated carbocycles. The first-order chi connectivity index (χ1) is 11.1. The van der Waals surface area contributed by atoms with Crippen LogP contribution in [0.25, 0.3) is 11.1 Å². The first kappa shape index (κ1) is 15.7. The number of anilines is 1. The molecule has 1 aliphatic heterocycles. The number of benzene rings is 1. The SMILES string of the molecule is Cc1cc(ON)ccc1-c1c(C)ncnc1N1CCC(CO)C1. The fourth-order valence-corrected chi connectivity index (χ4v) is 3.18. The van der Waals surface area contributed by atoms with Gasteiger partial charge in [-0.15, -0.1) is 0 Å². The third-order valence-corrected chi connectivity index (χ3v) is 4.46. The molecule has 0 spiro atoms. The standard InChI is InChI=1S/C17H22N4O2/c1-11-7-14(23-18)3-4-15(11)16-12(2)19-10-20-17(16)21-6-5-13(8-21)9-22/h3-4,7,10,13,22H,5-6,8-9,18H2,1-2H3. The summed E-state index contributed by atoms with van der Waals surface area (Å²) in [6.07, 6.45) is 2.59. The van der Waals surface area contributed by atoms with Gasteiger partial charge < -0.3 is 14.8 Å². The van der Waals surface area contributed by atoms with Crippen LogP contribution in [0, 0.1) is 19.8 Å². The molecule has 1 unspecified atom stereocenters. The predicted molar refractivity (Wildman–Crippen MR) is 89.2 cm³/mol. The van der Waals surface area contributed by atoms with E-state index in [1.165, 1.54) is 0 Å². The van der Waals surface area contributed by atoms with Gasteiger partial charge in [-0.2, -0.15) is 5.90 Å². The summed E-state index contributed by atoms with van der Waals surface area (Å²) in [7, 11) is 0. The van der Waals surface area contributed by atoms with Crippen LogP contribution in [-0.4, -0.2) is 34.8 Å². The van der Waals surface area contributed by atoms with Crippen molar-refractivity contribution in [3.63, 3.8) is 0 Å². The first-order valence-corrected chi connectivity index (χ1v) is 7.79. The lowest BCUT2D eigenvalue weighted by Gasteiger charge is -2.22. The van der Waals surface area contributed by atoms with Crippen LogP contribution in [0.4, 0.5) is 5.82 Å². The fraction of sp³-hybridized carbons (Fsp3) is 0.412. The van der Waals surface area contributed by atoms with Gasteiger partial charge in [-0.05, 0) is 43.5 Å². The summed E-state index contributed by atoms with van der Waals surface area (Å²) in [5, 5.41) is 9.39. The van der Waals surface area contributed by atoms with Crippen LogP contribution in [0.5, 0.6) is 5.75 Å². The zero-order chi connectivity index (χ0) is 16.4. The van der Waals surface area contributed by atoms with Gasteiger partial charge in [-0.3, -0.25) is 0 Å². The van der Waals surface area contributed by atoms with Crippen LogP contribution in [-0.2, 0) is 0 Å². The Morgan fingerprint density at radius 2 is 2.17 bits per heavy atom. The van der Waals surface area contributed by atoms with Gasteiger partial charge in [0.05, 0.1) is 5.69 Å². The third kappa shape index (κ3) is 3.00. The van der Waals surface area contributed by atoms with Crippen molar-refractivity contribution in [2.45, 2.75) is 20.3 Å². The minimum Gasteiger partial charge on any atom is -0.412 e. The van der Waals surface area contributed by atoms with Crippen LogP contribution in [0.1, 0.15) is 17.7 Å². The second-order valence-electron chi connectivity index (χ2n) is 6.04. The number of rotatable bonds is 4. The van der Waals surface area contributed by atoms with Crippen molar-refractivity contribution in [3.05, 3.63) is 35.8 Å². The number of aryl methyl sites for hydroxylation is 2. The summed E-state index contributed by atoms with van der Waals surface area (Å²) in [6, 6.07) is 5.75. The summed E-state index contributed by atoms with van der Waals surface area (Å²) >= 11 is 0. The Hall–Kier alpha value is -2.18. The fourth-order valence-electron chi connectivity index (χ4n) is 3.18. The van der Waals surface area contributed by atoms with Gasteiger partial charge in [-0.25, -0.2) is 9.97 Å². The molecule has 3 N–H and O–H groups in total. The van der Waals surface area contributed by atoms with E-state index in [0.717, 1.165) is 47.7 Å². The van der Waals surface area contributed by atoms with Crippen molar-refractivity contribution in [1.29, 1.82) is 0 Å². The Bertz CT molecular complexity index is 705. The molecule has 3 rings (SSSR count). The molecule has 1 aliphatic rings. The molecule has 0 radical (unpaired) electrons. The molecule has 0 bridgehead atoms. The highest BCUT2D eigenvalue weighted by atomic mass is 16.6. The summed E-state index contributed by atoms with van der Waals surface area (Å²) in [5.74, 6) is 7.11. The predicted octanol–water partition coefficient (Wildman–Crippen LogP) is 1.83. The maximum Gasteiger partial charge on any atom is 0.147 e. The number of hydrogen-bond donors (Lipinski definition) is 2. The molecule has 1 aromatic heterocycles. The topological polar surface area (TPSA) is 84.5 Å². The quantitative estimate of drug-likeness (QED) is 0.838. The average Bonchev–Trinajstić information content (AvgIpc) is 3.04. The average molecular weight is 314 g/mol. The Morgan fingerprint density at radius 1 is 1.35 bits per heavy atom. The molecule has 2 aromatic rings. The van der Waals surface area contributed by atoms with Crippen LogP contribution in [0.2, 0.25) is 0 Å². The smallest absolute Gasteiger partial charge is 0.147 e. The lowest BCUT2D eigenvalue weighted by atomic mass is 9.99. The first-order valence-electron chi connectivity index (χ1n) is 7.79. The van der Waals surface area contributed by atoms with E-state index >= 15 is 0 Å². The van der Waals surface area contributed by atoms with Crippen LogP contribution >= 0.6 is 0 Å². The van der Waals surface area contributed by atoms with E-state index in [-0.39, 0.29) is 6.61 Å². The van der Waals surface area contributed by atoms with Gasteiger partial charge in [0.25, 0.3) is 0 Å². The van der Waals surface area contributed by atoms with Crippen molar-refractivity contribution >= 4 is 5.82 Å². The molecule has 6 nitrogen and oxygen atoms in total. The van der Waals surface area contributed by atoms with Crippen molar-refractivity contribution in [2.24, 2.45) is 11.8 Å². The summed E-state index contributed by atoms with van der Waals surface area (Å²) in [5.41, 5.74) is 4.11. The lowest BCUT2D eigenvalue weighted by Crippen LogP contribution is -2.23. The molecule has 1 fully saturated rings. The Balaban J connectivity index is 2.05. The van der Waals surface area contributed by atoms with E-state index in [2.05, 4.69) is 14.9 Å². The van der Waals surface area contributed by atoms with Crippen molar-refractivity contribution in [1.82, 2.24) is 9.97 Å². The van der Waals surface area contributed by atoms with E-state index < -0.39 is 0 Å². The maximum atomic E-state index is 9.39. The van der Waals surface area contributed by atoms with E-state index in [0.29, 0.717) is 11.7 Å². The van der Waals surface area contributed by atoms with Crippen LogP contribution in [0.15, 0.2) is 24.5 Å². The van der Waals surface area contributed by atoms with Gasteiger partial charge in [0.2, 0.25) is 0 Å². The third-order valence-electron chi connectivity index (χ3n) is 4.46. The van der Waals surface area contributed by atoms with E-state index in [1.807, 2.05) is 32.0 Å². The van der Waals surface area contributed by atoms with Gasteiger partial charge in [0, 0.05) is 31.2 Å². The largest absolute Gasteiger partial charge is 0.412 e. The number of aliphatic hydroxyl groups is 1. The number of nitrogens with two attached hydrogens (primary N) is 1. The van der Waals surface area contributed by atoms with Crippen molar-refractivity contribution < 1.29 is 9.94 Å². The monoisotopic (exact) mass is 314 g/mol. The normalized spacial score (nSPS) is 17.6. The summed E-state index contributed by atoms with van der Waals surface area (Å²) in [4.78, 5) is 15.9. The number of nitrogens with zero attached hydrogens (tertiary/aromatic N) is 3. The van der Waals surface area contributed by atoms with E-state index in [4.69, 9.17) is 10.7 Å². The molecule has 2 heterocycles. The number of aromatic nitrogens is 2. The van der Waals surface area contributed by atoms with Crippen molar-refractivity contribution in [3.8, 4) is 16.9 Å². The van der Waals surface area contributed by atoms with Gasteiger partial charge >= 0.3 is 0 Å². The maximum absolute atomic E-state index is 9.39. The molecule has 122 valence electrons. The molecule has 0 amide bonds.